The van der Waals surface area contributed by atoms with E-state index in [-0.39, 0.29) is 11.7 Å². The van der Waals surface area contributed by atoms with E-state index in [0.717, 1.165) is 30.0 Å². The molecule has 0 saturated carbocycles. The number of para-hydroxylation sites is 2. The molecule has 2 aromatic carbocycles. The Kier molecular flexibility index (Phi) is 6.57. The number of nitrogens with one attached hydrogen (secondary N) is 2. The molecule has 6 heteroatoms. The third kappa shape index (κ3) is 5.28. The monoisotopic (exact) mass is 357 g/mol. The van der Waals surface area contributed by atoms with Crippen molar-refractivity contribution in [3.05, 3.63) is 59.9 Å². The van der Waals surface area contributed by atoms with Crippen LogP contribution in [0.25, 0.3) is 0 Å². The van der Waals surface area contributed by atoms with E-state index in [4.69, 9.17) is 4.74 Å². The number of hydrogen-bond donors (Lipinski definition) is 2. The highest BCUT2D eigenvalue weighted by atomic mass is 19.1. The third-order valence-corrected chi connectivity index (χ3v) is 4.30. The quantitative estimate of drug-likeness (QED) is 0.748. The van der Waals surface area contributed by atoms with E-state index < -0.39 is 0 Å². The molecule has 5 nitrogen and oxygen atoms in total. The SMILES string of the molecule is O=C(CCNCc1ccc(F)cc1)Nc1ccccc1N1CCOCC1. The summed E-state index contributed by atoms with van der Waals surface area (Å²) in [5.41, 5.74) is 2.85. The van der Waals surface area contributed by atoms with E-state index in [1.807, 2.05) is 24.3 Å². The summed E-state index contributed by atoms with van der Waals surface area (Å²) < 4.78 is 18.3. The summed E-state index contributed by atoms with van der Waals surface area (Å²) in [7, 11) is 0. The second kappa shape index (κ2) is 9.31. The normalized spacial score (nSPS) is 14.3. The second-order valence-electron chi connectivity index (χ2n) is 6.22. The lowest BCUT2D eigenvalue weighted by Crippen LogP contribution is -2.36. The number of ether oxygens (including phenoxy) is 1. The van der Waals surface area contributed by atoms with Crippen LogP contribution < -0.4 is 15.5 Å². The smallest absolute Gasteiger partial charge is 0.225 e. The largest absolute Gasteiger partial charge is 0.378 e. The van der Waals surface area contributed by atoms with Crippen molar-refractivity contribution in [2.24, 2.45) is 0 Å². The minimum atomic E-state index is -0.243. The van der Waals surface area contributed by atoms with Crippen LogP contribution in [0.2, 0.25) is 0 Å². The van der Waals surface area contributed by atoms with E-state index in [1.165, 1.54) is 12.1 Å². The van der Waals surface area contributed by atoms with E-state index in [9.17, 15) is 9.18 Å². The minimum Gasteiger partial charge on any atom is -0.378 e. The molecule has 0 spiro atoms. The van der Waals surface area contributed by atoms with Crippen LogP contribution in [-0.4, -0.2) is 38.8 Å². The van der Waals surface area contributed by atoms with Crippen LogP contribution in [0.15, 0.2) is 48.5 Å². The summed E-state index contributed by atoms with van der Waals surface area (Å²) >= 11 is 0. The zero-order valence-electron chi connectivity index (χ0n) is 14.7. The Hall–Kier alpha value is -2.44. The van der Waals surface area contributed by atoms with Gasteiger partial charge in [-0.15, -0.1) is 0 Å². The lowest BCUT2D eigenvalue weighted by molar-refractivity contribution is -0.116. The number of nitrogens with zero attached hydrogens (tertiary/aromatic N) is 1. The fourth-order valence-corrected chi connectivity index (χ4v) is 2.91. The van der Waals surface area contributed by atoms with Gasteiger partial charge in [0.05, 0.1) is 24.6 Å². The number of hydrogen-bond acceptors (Lipinski definition) is 4. The van der Waals surface area contributed by atoms with Crippen molar-refractivity contribution in [2.75, 3.05) is 43.1 Å². The number of morpholine rings is 1. The number of rotatable bonds is 7. The average Bonchev–Trinajstić information content (AvgIpc) is 2.68. The van der Waals surface area contributed by atoms with Gasteiger partial charge >= 0.3 is 0 Å². The molecule has 1 saturated heterocycles. The van der Waals surface area contributed by atoms with Crippen LogP contribution >= 0.6 is 0 Å². The van der Waals surface area contributed by atoms with Crippen LogP contribution in [0.3, 0.4) is 0 Å². The summed E-state index contributed by atoms with van der Waals surface area (Å²) in [5.74, 6) is -0.274. The molecule has 0 aliphatic carbocycles. The number of halogens is 1. The van der Waals surface area contributed by atoms with E-state index >= 15 is 0 Å². The van der Waals surface area contributed by atoms with Crippen molar-refractivity contribution >= 4 is 17.3 Å². The van der Waals surface area contributed by atoms with Crippen LogP contribution in [0.5, 0.6) is 0 Å². The van der Waals surface area contributed by atoms with Crippen LogP contribution in [-0.2, 0) is 16.1 Å². The Balaban J connectivity index is 1.46. The molecular formula is C20H24FN3O2. The predicted octanol–water partition coefficient (Wildman–Crippen LogP) is 2.78. The number of benzene rings is 2. The summed E-state index contributed by atoms with van der Waals surface area (Å²) in [6.07, 6.45) is 0.374. The highest BCUT2D eigenvalue weighted by molar-refractivity contribution is 5.94. The topological polar surface area (TPSA) is 53.6 Å². The molecule has 0 unspecified atom stereocenters. The van der Waals surface area contributed by atoms with Crippen LogP contribution in [0.1, 0.15) is 12.0 Å². The van der Waals surface area contributed by atoms with Gasteiger partial charge in [0, 0.05) is 32.6 Å². The maximum Gasteiger partial charge on any atom is 0.225 e. The molecule has 2 aromatic rings. The zero-order chi connectivity index (χ0) is 18.2. The Morgan fingerprint density at radius 2 is 1.81 bits per heavy atom. The van der Waals surface area contributed by atoms with Crippen molar-refractivity contribution in [3.63, 3.8) is 0 Å². The first-order chi connectivity index (χ1) is 12.7. The Morgan fingerprint density at radius 3 is 2.58 bits per heavy atom. The zero-order valence-corrected chi connectivity index (χ0v) is 14.7. The molecule has 1 aliphatic heterocycles. The van der Waals surface area contributed by atoms with Crippen molar-refractivity contribution in [2.45, 2.75) is 13.0 Å². The molecule has 0 radical (unpaired) electrons. The lowest BCUT2D eigenvalue weighted by atomic mass is 10.2. The number of carbonyl (C=O) groups excluding carboxylic acids is 1. The summed E-state index contributed by atoms with van der Waals surface area (Å²) in [6.45, 7) is 4.23. The first-order valence-corrected chi connectivity index (χ1v) is 8.89. The molecule has 0 atom stereocenters. The molecular weight excluding hydrogens is 333 g/mol. The molecule has 2 N–H and O–H groups in total. The molecule has 1 heterocycles. The summed E-state index contributed by atoms with van der Waals surface area (Å²) in [5, 5.41) is 6.21. The molecule has 0 bridgehead atoms. The lowest BCUT2D eigenvalue weighted by Gasteiger charge is -2.30. The molecule has 26 heavy (non-hydrogen) atoms. The van der Waals surface area contributed by atoms with Crippen molar-refractivity contribution in [3.8, 4) is 0 Å². The van der Waals surface area contributed by atoms with Gasteiger partial charge in [-0.05, 0) is 29.8 Å². The first kappa shape index (κ1) is 18.4. The number of anilines is 2. The summed E-state index contributed by atoms with van der Waals surface area (Å²) in [4.78, 5) is 14.5. The second-order valence-corrected chi connectivity index (χ2v) is 6.22. The highest BCUT2D eigenvalue weighted by Crippen LogP contribution is 2.26. The standard InChI is InChI=1S/C20H24FN3O2/c21-17-7-5-16(6-8-17)15-22-10-9-20(25)23-18-3-1-2-4-19(18)24-11-13-26-14-12-24/h1-8,22H,9-15H2,(H,23,25). The molecule has 1 aliphatic rings. The fraction of sp³-hybridized carbons (Fsp3) is 0.350. The Morgan fingerprint density at radius 1 is 1.08 bits per heavy atom. The molecule has 3 rings (SSSR count). The van der Waals surface area contributed by atoms with Gasteiger partial charge in [0.2, 0.25) is 5.91 Å². The van der Waals surface area contributed by atoms with Crippen LogP contribution in [0, 0.1) is 5.82 Å². The maximum atomic E-state index is 12.9. The van der Waals surface area contributed by atoms with Gasteiger partial charge in [0.25, 0.3) is 0 Å². The molecule has 1 amide bonds. The maximum absolute atomic E-state index is 12.9. The average molecular weight is 357 g/mol. The molecule has 0 aromatic heterocycles. The van der Waals surface area contributed by atoms with Gasteiger partial charge in [-0.3, -0.25) is 4.79 Å². The minimum absolute atomic E-state index is 0.0303. The molecule has 138 valence electrons. The van der Waals surface area contributed by atoms with E-state index in [1.54, 1.807) is 12.1 Å². The van der Waals surface area contributed by atoms with Gasteiger partial charge in [-0.1, -0.05) is 24.3 Å². The first-order valence-electron chi connectivity index (χ1n) is 8.89. The van der Waals surface area contributed by atoms with Crippen molar-refractivity contribution < 1.29 is 13.9 Å². The number of carbonyl (C=O) groups is 1. The van der Waals surface area contributed by atoms with Crippen molar-refractivity contribution in [1.82, 2.24) is 5.32 Å². The van der Waals surface area contributed by atoms with E-state index in [0.29, 0.717) is 32.7 Å². The van der Waals surface area contributed by atoms with Gasteiger partial charge in [-0.25, -0.2) is 4.39 Å². The highest BCUT2D eigenvalue weighted by Gasteiger charge is 2.15. The van der Waals surface area contributed by atoms with Gasteiger partial charge < -0.3 is 20.3 Å². The Labute approximate surface area is 153 Å². The van der Waals surface area contributed by atoms with E-state index in [2.05, 4.69) is 15.5 Å². The summed E-state index contributed by atoms with van der Waals surface area (Å²) in [6, 6.07) is 14.2. The fourth-order valence-electron chi connectivity index (χ4n) is 2.91. The van der Waals surface area contributed by atoms with Crippen LogP contribution in [0.4, 0.5) is 15.8 Å². The third-order valence-electron chi connectivity index (χ3n) is 4.30. The number of amides is 1. The van der Waals surface area contributed by atoms with Crippen molar-refractivity contribution in [1.29, 1.82) is 0 Å². The van der Waals surface area contributed by atoms with Gasteiger partial charge in [0.1, 0.15) is 5.82 Å². The molecule has 1 fully saturated rings. The van der Waals surface area contributed by atoms with Gasteiger partial charge in [-0.2, -0.15) is 0 Å². The Bertz CT molecular complexity index is 715. The predicted molar refractivity (Wildman–Crippen MR) is 101 cm³/mol. The van der Waals surface area contributed by atoms with Gasteiger partial charge in [0.15, 0.2) is 0 Å².